The minimum absolute atomic E-state index is 0.766. The van der Waals surface area contributed by atoms with Crippen LogP contribution in [0.15, 0.2) is 92.1 Å². The molecule has 6 rings (SSSR count). The summed E-state index contributed by atoms with van der Waals surface area (Å²) < 4.78 is 9.44. The van der Waals surface area contributed by atoms with Crippen LogP contribution in [0.3, 0.4) is 0 Å². The van der Waals surface area contributed by atoms with Gasteiger partial charge in [0.2, 0.25) is 0 Å². The van der Waals surface area contributed by atoms with E-state index < -0.39 is 0 Å². The van der Waals surface area contributed by atoms with Gasteiger partial charge in [0.1, 0.15) is 29.7 Å². The number of anilines is 1. The van der Waals surface area contributed by atoms with E-state index in [1.165, 1.54) is 17.6 Å². The number of benzene rings is 1. The zero-order valence-corrected chi connectivity index (χ0v) is 24.2. The van der Waals surface area contributed by atoms with Gasteiger partial charge in [-0.25, -0.2) is 19.0 Å². The maximum absolute atomic E-state index is 5.86. The first-order chi connectivity index (χ1) is 19.9. The third kappa shape index (κ3) is 6.90. The maximum atomic E-state index is 5.86. The number of fused-ring (bicyclic) bond motifs is 2. The molecule has 10 nitrogen and oxygen atoms in total. The molecule has 0 amide bonds. The number of rotatable bonds is 7. The lowest BCUT2D eigenvalue weighted by molar-refractivity contribution is 0.331. The van der Waals surface area contributed by atoms with Gasteiger partial charge in [-0.3, -0.25) is 0 Å². The smallest absolute Gasteiger partial charge is 0.158 e. The average molecular weight is 552 g/mol. The molecule has 5 aromatic rings. The normalized spacial score (nSPS) is 13.7. The first-order valence-corrected chi connectivity index (χ1v) is 13.7. The molecule has 0 atom stereocenters. The van der Waals surface area contributed by atoms with Gasteiger partial charge < -0.3 is 19.4 Å². The maximum Gasteiger partial charge on any atom is 0.158 e. The van der Waals surface area contributed by atoms with E-state index in [0.29, 0.717) is 0 Å². The molecule has 1 saturated heterocycles. The Kier molecular flexibility index (Phi) is 8.59. The van der Waals surface area contributed by atoms with Crippen LogP contribution in [0.5, 0.6) is 11.5 Å². The fourth-order valence-electron chi connectivity index (χ4n) is 4.75. The quantitative estimate of drug-likeness (QED) is 0.271. The van der Waals surface area contributed by atoms with Crippen LogP contribution >= 0.6 is 0 Å². The van der Waals surface area contributed by atoms with Gasteiger partial charge in [-0.2, -0.15) is 10.2 Å². The number of likely N-dealkylation sites (N-methyl/N-ethyl adjacent to an activating group) is 1. The Morgan fingerprint density at radius 1 is 0.976 bits per heavy atom. The number of aryl methyl sites for hydroxylation is 2. The lowest BCUT2D eigenvalue weighted by atomic mass is 10.1. The molecule has 0 spiro atoms. The SMILES string of the molecule is C=C(/C=C/CN(C)C)N1CCN(c2ccn3ncncc23)CC1.Cc1ccc(Oc2ccn3ncnc3c2)c(C)c1. The van der Waals surface area contributed by atoms with Crippen LogP contribution in [0.1, 0.15) is 11.1 Å². The summed E-state index contributed by atoms with van der Waals surface area (Å²) in [6, 6.07) is 12.0. The Hall–Kier alpha value is -4.70. The second-order valence-electron chi connectivity index (χ2n) is 10.4. The predicted molar refractivity (Wildman–Crippen MR) is 163 cm³/mol. The van der Waals surface area contributed by atoms with Gasteiger partial charge >= 0.3 is 0 Å². The van der Waals surface area contributed by atoms with Gasteiger partial charge in [0, 0.05) is 56.9 Å². The van der Waals surface area contributed by atoms with Crippen molar-refractivity contribution in [3.8, 4) is 11.5 Å². The van der Waals surface area contributed by atoms with E-state index >= 15 is 0 Å². The summed E-state index contributed by atoms with van der Waals surface area (Å²) in [5, 5.41) is 8.28. The van der Waals surface area contributed by atoms with Gasteiger partial charge in [-0.05, 0) is 57.8 Å². The first kappa shape index (κ1) is 27.9. The number of piperazine rings is 1. The van der Waals surface area contributed by atoms with Crippen molar-refractivity contribution in [1.82, 2.24) is 39.0 Å². The minimum Gasteiger partial charge on any atom is -0.457 e. The Morgan fingerprint density at radius 3 is 2.54 bits per heavy atom. The van der Waals surface area contributed by atoms with Crippen molar-refractivity contribution in [2.75, 3.05) is 51.7 Å². The standard InChI is InChI=1S/C17H24N6.C14H13N3O/c1-15(5-4-7-20(2)3)21-9-11-22(12-10-21)16-6-8-23-17(16)13-18-14-19-23;1-10-3-4-13(11(2)7-10)18-12-5-6-17-14(8-12)15-9-16-17/h4-6,8,13-14H,1,7,9-12H2,2-3H3;3-9H,1-2H3/b5-4+;. The van der Waals surface area contributed by atoms with Crippen LogP contribution in [-0.4, -0.2) is 85.8 Å². The molecular weight excluding hydrogens is 514 g/mol. The molecule has 4 aromatic heterocycles. The van der Waals surface area contributed by atoms with Crippen molar-refractivity contribution in [2.45, 2.75) is 13.8 Å². The number of nitrogens with zero attached hydrogens (tertiary/aromatic N) is 9. The number of ether oxygens (including phenoxy) is 1. The molecule has 1 aromatic carbocycles. The molecule has 1 aliphatic rings. The van der Waals surface area contributed by atoms with Crippen LogP contribution in [0, 0.1) is 13.8 Å². The van der Waals surface area contributed by atoms with Gasteiger partial charge in [0.05, 0.1) is 11.9 Å². The number of allylic oxidation sites excluding steroid dienone is 1. The van der Waals surface area contributed by atoms with Gasteiger partial charge in [-0.1, -0.05) is 30.4 Å². The molecule has 41 heavy (non-hydrogen) atoms. The molecule has 0 saturated carbocycles. The lowest BCUT2D eigenvalue weighted by Gasteiger charge is -2.37. The summed E-state index contributed by atoms with van der Waals surface area (Å²) >= 11 is 0. The van der Waals surface area contributed by atoms with Gasteiger partial charge in [0.25, 0.3) is 0 Å². The van der Waals surface area contributed by atoms with E-state index in [0.717, 1.165) is 66.6 Å². The number of hydrogen-bond donors (Lipinski definition) is 0. The van der Waals surface area contributed by atoms with Crippen molar-refractivity contribution in [1.29, 1.82) is 0 Å². The molecule has 5 heterocycles. The highest BCUT2D eigenvalue weighted by Gasteiger charge is 2.19. The van der Waals surface area contributed by atoms with E-state index in [-0.39, 0.29) is 0 Å². The fraction of sp³-hybridized carbons (Fsp3) is 0.290. The monoisotopic (exact) mass is 551 g/mol. The Balaban J connectivity index is 0.000000169. The summed E-state index contributed by atoms with van der Waals surface area (Å²) in [5.41, 5.74) is 6.49. The third-order valence-corrected chi connectivity index (χ3v) is 6.94. The first-order valence-electron chi connectivity index (χ1n) is 13.7. The van der Waals surface area contributed by atoms with E-state index in [1.54, 1.807) is 10.8 Å². The van der Waals surface area contributed by atoms with Crippen molar-refractivity contribution >= 4 is 16.9 Å². The van der Waals surface area contributed by atoms with E-state index in [2.05, 4.69) is 86.7 Å². The second-order valence-corrected chi connectivity index (χ2v) is 10.4. The molecule has 1 aliphatic heterocycles. The molecule has 0 bridgehead atoms. The molecule has 10 heteroatoms. The van der Waals surface area contributed by atoms with E-state index in [4.69, 9.17) is 4.74 Å². The summed E-state index contributed by atoms with van der Waals surface area (Å²) in [7, 11) is 4.13. The molecule has 0 unspecified atom stereocenters. The summed E-state index contributed by atoms with van der Waals surface area (Å²) in [5.74, 6) is 1.63. The van der Waals surface area contributed by atoms with E-state index in [9.17, 15) is 0 Å². The molecule has 1 fully saturated rings. The highest BCUT2D eigenvalue weighted by molar-refractivity contribution is 5.72. The molecule has 0 N–H and O–H groups in total. The lowest BCUT2D eigenvalue weighted by Crippen LogP contribution is -2.45. The van der Waals surface area contributed by atoms with Crippen LogP contribution in [0.2, 0.25) is 0 Å². The topological polar surface area (TPSA) is 79.3 Å². The van der Waals surface area contributed by atoms with Crippen LogP contribution in [0.4, 0.5) is 5.69 Å². The van der Waals surface area contributed by atoms with Crippen molar-refractivity contribution in [3.63, 3.8) is 0 Å². The van der Waals surface area contributed by atoms with Crippen molar-refractivity contribution in [2.24, 2.45) is 0 Å². The highest BCUT2D eigenvalue weighted by atomic mass is 16.5. The van der Waals surface area contributed by atoms with E-state index in [1.807, 2.05) is 54.3 Å². The van der Waals surface area contributed by atoms with Crippen LogP contribution in [-0.2, 0) is 0 Å². The average Bonchev–Trinajstić information content (AvgIpc) is 3.62. The van der Waals surface area contributed by atoms with Crippen molar-refractivity contribution < 1.29 is 4.74 Å². The zero-order chi connectivity index (χ0) is 28.8. The highest BCUT2D eigenvalue weighted by Crippen LogP contribution is 2.26. The molecular formula is C31H37N9O. The molecule has 0 radical (unpaired) electrons. The summed E-state index contributed by atoms with van der Waals surface area (Å²) in [4.78, 5) is 15.1. The van der Waals surface area contributed by atoms with Gasteiger partial charge in [-0.15, -0.1) is 0 Å². The zero-order valence-electron chi connectivity index (χ0n) is 24.2. The third-order valence-electron chi connectivity index (χ3n) is 6.94. The Labute approximate surface area is 240 Å². The Bertz CT molecular complexity index is 1640. The van der Waals surface area contributed by atoms with Crippen LogP contribution in [0.25, 0.3) is 11.2 Å². The minimum atomic E-state index is 0.766. The largest absolute Gasteiger partial charge is 0.457 e. The Morgan fingerprint density at radius 2 is 1.76 bits per heavy atom. The number of aromatic nitrogens is 6. The molecule has 0 aliphatic carbocycles. The van der Waals surface area contributed by atoms with Crippen LogP contribution < -0.4 is 9.64 Å². The number of pyridine rings is 1. The summed E-state index contributed by atoms with van der Waals surface area (Å²) in [6.45, 7) is 13.2. The number of hydrogen-bond acceptors (Lipinski definition) is 8. The van der Waals surface area contributed by atoms with Gasteiger partial charge in [0.15, 0.2) is 5.65 Å². The second kappa shape index (κ2) is 12.6. The summed E-state index contributed by atoms with van der Waals surface area (Å²) in [6.07, 6.45) is 13.1. The predicted octanol–water partition coefficient (Wildman–Crippen LogP) is 4.62. The van der Waals surface area contributed by atoms with Crippen molar-refractivity contribution in [3.05, 3.63) is 103 Å². The fourth-order valence-corrected chi connectivity index (χ4v) is 4.75. The molecule has 212 valence electrons.